The molecule has 0 aromatic heterocycles. The van der Waals surface area contributed by atoms with E-state index in [2.05, 4.69) is 0 Å². The second-order valence-corrected chi connectivity index (χ2v) is 7.93. The Balaban J connectivity index is 1.93. The third-order valence-corrected chi connectivity index (χ3v) is 6.13. The van der Waals surface area contributed by atoms with E-state index in [1.807, 2.05) is 6.92 Å². The third-order valence-electron chi connectivity index (χ3n) is 6.13. The van der Waals surface area contributed by atoms with Gasteiger partial charge in [0.2, 0.25) is 0 Å². The molecule has 1 saturated carbocycles. The van der Waals surface area contributed by atoms with Gasteiger partial charge in [0.25, 0.3) is 0 Å². The summed E-state index contributed by atoms with van der Waals surface area (Å²) in [7, 11) is 0. The summed E-state index contributed by atoms with van der Waals surface area (Å²) in [5.74, 6) is -2.27. The molecule has 0 aromatic carbocycles. The molecule has 25 heavy (non-hydrogen) atoms. The Morgan fingerprint density at radius 2 is 1.88 bits per heavy atom. The van der Waals surface area contributed by atoms with E-state index >= 15 is 0 Å². The lowest BCUT2D eigenvalue weighted by molar-refractivity contribution is -0.220. The van der Waals surface area contributed by atoms with Gasteiger partial charge in [0.1, 0.15) is 17.8 Å². The lowest BCUT2D eigenvalue weighted by Gasteiger charge is -2.54. The Bertz CT molecular complexity index is 734. The van der Waals surface area contributed by atoms with Crippen LogP contribution >= 0.6 is 0 Å². The lowest BCUT2D eigenvalue weighted by atomic mass is 9.64. The van der Waals surface area contributed by atoms with E-state index < -0.39 is 35.6 Å². The van der Waals surface area contributed by atoms with Crippen molar-refractivity contribution in [2.45, 2.75) is 51.4 Å². The number of hydrogen-bond donors (Lipinski definition) is 1. The van der Waals surface area contributed by atoms with Gasteiger partial charge in [-0.25, -0.2) is 4.79 Å². The van der Waals surface area contributed by atoms with Crippen molar-refractivity contribution < 1.29 is 29.0 Å². The van der Waals surface area contributed by atoms with Crippen molar-refractivity contribution in [2.75, 3.05) is 0 Å². The van der Waals surface area contributed by atoms with Crippen LogP contribution in [0.4, 0.5) is 0 Å². The predicted molar refractivity (Wildman–Crippen MR) is 86.1 cm³/mol. The van der Waals surface area contributed by atoms with Crippen molar-refractivity contribution in [3.63, 3.8) is 0 Å². The summed E-state index contributed by atoms with van der Waals surface area (Å²) in [5, 5.41) is 10.7. The number of hydrogen-bond acceptors (Lipinski definition) is 6. The summed E-state index contributed by atoms with van der Waals surface area (Å²) in [6, 6.07) is 0. The summed E-state index contributed by atoms with van der Waals surface area (Å²) in [5.41, 5.74) is -1.21. The average molecular weight is 346 g/mol. The van der Waals surface area contributed by atoms with Gasteiger partial charge in [-0.2, -0.15) is 0 Å². The van der Waals surface area contributed by atoms with E-state index in [1.54, 1.807) is 19.9 Å². The van der Waals surface area contributed by atoms with Gasteiger partial charge >= 0.3 is 5.97 Å². The van der Waals surface area contributed by atoms with Crippen molar-refractivity contribution >= 4 is 17.5 Å². The molecule has 0 radical (unpaired) electrons. The Morgan fingerprint density at radius 1 is 1.16 bits per heavy atom. The number of rotatable bonds is 0. The number of esters is 1. The second kappa shape index (κ2) is 5.27. The predicted octanol–water partition coefficient (Wildman–Crippen LogP) is 1.32. The molecule has 3 heterocycles. The molecule has 2 aliphatic carbocycles. The van der Waals surface area contributed by atoms with E-state index in [9.17, 15) is 19.5 Å². The van der Waals surface area contributed by atoms with Crippen LogP contribution in [0.5, 0.6) is 0 Å². The Labute approximate surface area is 145 Å². The Morgan fingerprint density at radius 3 is 2.60 bits per heavy atom. The molecule has 0 amide bonds. The van der Waals surface area contributed by atoms with Gasteiger partial charge < -0.3 is 14.6 Å². The number of carbonyl (C=O) groups is 3. The van der Waals surface area contributed by atoms with Crippen LogP contribution in [0.3, 0.4) is 0 Å². The molecule has 134 valence electrons. The van der Waals surface area contributed by atoms with Crippen molar-refractivity contribution in [1.29, 1.82) is 0 Å². The first kappa shape index (κ1) is 16.5. The minimum atomic E-state index is -1.18. The number of ketones is 2. The van der Waals surface area contributed by atoms with Crippen LogP contribution in [0.15, 0.2) is 23.5 Å². The first-order valence-corrected chi connectivity index (χ1v) is 8.85. The van der Waals surface area contributed by atoms with Gasteiger partial charge in [0.05, 0.1) is 5.92 Å². The number of aliphatic hydroxyl groups excluding tert-OH is 1. The minimum absolute atomic E-state index is 0.0252. The van der Waals surface area contributed by atoms with Gasteiger partial charge in [-0.05, 0) is 18.4 Å². The maximum atomic E-state index is 12.9. The van der Waals surface area contributed by atoms with Crippen LogP contribution in [-0.4, -0.2) is 40.5 Å². The van der Waals surface area contributed by atoms with Crippen molar-refractivity contribution in [3.05, 3.63) is 23.5 Å². The SMILES string of the molecule is C[C@@H]1C[C@H](C)C(=O)/C=C\C2[C@H](O)[C@@H]3OC4=C(C(=O)O[C@@]42C[C@H]3C)C1=O. The number of allylic oxidation sites excluding steroid dienone is 1. The zero-order chi connectivity index (χ0) is 18.1. The number of ether oxygens (including phenoxy) is 2. The molecule has 5 rings (SSSR count). The summed E-state index contributed by atoms with van der Waals surface area (Å²) in [6.45, 7) is 5.41. The fourth-order valence-corrected chi connectivity index (χ4v) is 4.79. The maximum absolute atomic E-state index is 12.9. The van der Waals surface area contributed by atoms with Crippen LogP contribution in [0, 0.1) is 23.7 Å². The normalized spacial score (nSPS) is 47.3. The van der Waals surface area contributed by atoms with Crippen LogP contribution in [0.1, 0.15) is 33.6 Å². The highest BCUT2D eigenvalue weighted by Gasteiger charge is 2.67. The highest BCUT2D eigenvalue weighted by Crippen LogP contribution is 2.56. The monoisotopic (exact) mass is 346 g/mol. The quantitative estimate of drug-likeness (QED) is 0.526. The van der Waals surface area contributed by atoms with Gasteiger partial charge in [-0.15, -0.1) is 0 Å². The first-order chi connectivity index (χ1) is 11.8. The summed E-state index contributed by atoms with van der Waals surface area (Å²) in [4.78, 5) is 37.8. The van der Waals surface area contributed by atoms with E-state index in [1.165, 1.54) is 6.08 Å². The second-order valence-electron chi connectivity index (χ2n) is 7.93. The molecule has 5 bridgehead atoms. The Hall–Kier alpha value is -1.95. The molecular formula is C19H22O6. The van der Waals surface area contributed by atoms with Crippen LogP contribution in [0.25, 0.3) is 0 Å². The van der Waals surface area contributed by atoms with Crippen LogP contribution < -0.4 is 0 Å². The van der Waals surface area contributed by atoms with E-state index in [0.717, 1.165) is 0 Å². The number of carbonyl (C=O) groups excluding carboxylic acids is 3. The highest BCUT2D eigenvalue weighted by molar-refractivity contribution is 6.20. The molecule has 2 saturated heterocycles. The topological polar surface area (TPSA) is 89.9 Å². The maximum Gasteiger partial charge on any atom is 0.346 e. The minimum Gasteiger partial charge on any atom is -0.486 e. The smallest absolute Gasteiger partial charge is 0.346 e. The molecule has 3 aliphatic heterocycles. The summed E-state index contributed by atoms with van der Waals surface area (Å²) in [6.07, 6.45) is 2.51. The number of aliphatic hydroxyl groups is 1. The van der Waals surface area contributed by atoms with Crippen molar-refractivity contribution in [1.82, 2.24) is 0 Å². The average Bonchev–Trinajstić information content (AvgIpc) is 2.83. The molecule has 1 unspecified atom stereocenters. The lowest BCUT2D eigenvalue weighted by Crippen LogP contribution is -2.63. The molecule has 5 aliphatic rings. The number of fused-ring (bicyclic) bond motifs is 1. The fraction of sp³-hybridized carbons (Fsp3) is 0.632. The first-order valence-electron chi connectivity index (χ1n) is 8.85. The van der Waals surface area contributed by atoms with Gasteiger partial charge in [-0.3, -0.25) is 9.59 Å². The number of Topliss-reactive ketones (excluding diaryl/α,β-unsaturated/α-hetero) is 1. The molecule has 3 fully saturated rings. The molecular weight excluding hydrogens is 324 g/mol. The van der Waals surface area contributed by atoms with Crippen LogP contribution in [-0.2, 0) is 23.9 Å². The van der Waals surface area contributed by atoms with E-state index in [-0.39, 0.29) is 34.7 Å². The zero-order valence-corrected chi connectivity index (χ0v) is 14.5. The van der Waals surface area contributed by atoms with Crippen molar-refractivity contribution in [3.8, 4) is 0 Å². The Kier molecular flexibility index (Phi) is 3.48. The van der Waals surface area contributed by atoms with Gasteiger partial charge in [0, 0.05) is 18.3 Å². The summed E-state index contributed by atoms with van der Waals surface area (Å²) < 4.78 is 11.6. The molecule has 6 nitrogen and oxygen atoms in total. The standard InChI is InChI=1S/C19H22O6/c1-8-6-9(2)14(21)13-17-19(25-18(13)23)7-10(3)16(24-17)15(22)11(19)4-5-12(8)20/h4-5,8-11,15-16,22H,6-7H2,1-3H3/b5-4-/t8-,9+,10+,11?,15-,16+,19+/m0/s1. The van der Waals surface area contributed by atoms with Crippen LogP contribution in [0.2, 0.25) is 0 Å². The highest BCUT2D eigenvalue weighted by atomic mass is 16.6. The zero-order valence-electron chi connectivity index (χ0n) is 14.5. The third kappa shape index (κ3) is 2.09. The fourth-order valence-electron chi connectivity index (χ4n) is 4.79. The summed E-state index contributed by atoms with van der Waals surface area (Å²) >= 11 is 0. The largest absolute Gasteiger partial charge is 0.486 e. The molecule has 1 N–H and O–H groups in total. The van der Waals surface area contributed by atoms with Gasteiger partial charge in [-0.1, -0.05) is 26.8 Å². The van der Waals surface area contributed by atoms with Crippen molar-refractivity contribution in [2.24, 2.45) is 23.7 Å². The van der Waals surface area contributed by atoms with E-state index in [4.69, 9.17) is 9.47 Å². The molecule has 1 spiro atoms. The molecule has 7 atom stereocenters. The molecule has 0 aromatic rings. The van der Waals surface area contributed by atoms with E-state index in [0.29, 0.717) is 12.8 Å². The molecule has 6 heteroatoms. The van der Waals surface area contributed by atoms with Gasteiger partial charge in [0.15, 0.2) is 22.9 Å².